The minimum atomic E-state index is -1.02. The second-order valence-corrected chi connectivity index (χ2v) is 2.62. The first-order chi connectivity index (χ1) is 6.25. The zero-order chi connectivity index (χ0) is 9.68. The van der Waals surface area contributed by atoms with E-state index < -0.39 is 12.3 Å². The molecule has 0 radical (unpaired) electrons. The van der Waals surface area contributed by atoms with Gasteiger partial charge in [-0.3, -0.25) is 4.90 Å². The molecule has 0 aromatic heterocycles. The van der Waals surface area contributed by atoms with E-state index in [2.05, 4.69) is 6.58 Å². The van der Waals surface area contributed by atoms with Gasteiger partial charge in [-0.2, -0.15) is 0 Å². The molecule has 0 aromatic rings. The molecule has 74 valence electrons. The summed E-state index contributed by atoms with van der Waals surface area (Å²) in [5, 5.41) is 8.80. The first kappa shape index (κ1) is 10.0. The molecule has 1 rings (SSSR count). The summed E-state index contributed by atoms with van der Waals surface area (Å²) in [6.07, 6.45) is 0.00571. The van der Waals surface area contributed by atoms with Crippen LogP contribution in [0.1, 0.15) is 0 Å². The van der Waals surface area contributed by atoms with E-state index in [4.69, 9.17) is 14.6 Å². The molecule has 1 aliphatic heterocycles. The Morgan fingerprint density at radius 2 is 2.46 bits per heavy atom. The van der Waals surface area contributed by atoms with Crippen molar-refractivity contribution in [3.63, 3.8) is 0 Å². The van der Waals surface area contributed by atoms with Crippen LogP contribution in [0.3, 0.4) is 0 Å². The lowest BCUT2D eigenvalue weighted by Gasteiger charge is -2.31. The first-order valence-electron chi connectivity index (χ1n) is 4.05. The molecule has 5 nitrogen and oxygen atoms in total. The van der Waals surface area contributed by atoms with Crippen molar-refractivity contribution in [2.45, 2.75) is 6.23 Å². The first-order valence-corrected chi connectivity index (χ1v) is 4.05. The predicted octanol–water partition coefficient (Wildman–Crippen LogP) is 0.525. The summed E-state index contributed by atoms with van der Waals surface area (Å²) < 4.78 is 10.3. The molecular formula is C8H13NO4. The van der Waals surface area contributed by atoms with Crippen molar-refractivity contribution in [1.29, 1.82) is 0 Å². The van der Waals surface area contributed by atoms with E-state index in [1.54, 1.807) is 0 Å². The van der Waals surface area contributed by atoms with Crippen molar-refractivity contribution < 1.29 is 19.4 Å². The average Bonchev–Trinajstić information content (AvgIpc) is 2.15. The molecule has 1 amide bonds. The summed E-state index contributed by atoms with van der Waals surface area (Å²) in [5.41, 5.74) is 0. The van der Waals surface area contributed by atoms with Crippen LogP contribution in [0.15, 0.2) is 12.7 Å². The van der Waals surface area contributed by atoms with Crippen molar-refractivity contribution in [1.82, 2.24) is 4.90 Å². The normalized spacial score (nSPS) is 22.3. The molecule has 0 bridgehead atoms. The highest BCUT2D eigenvalue weighted by molar-refractivity contribution is 5.65. The van der Waals surface area contributed by atoms with E-state index in [1.165, 1.54) is 6.08 Å². The number of rotatable bonds is 3. The van der Waals surface area contributed by atoms with Crippen LogP contribution in [0.25, 0.3) is 0 Å². The summed E-state index contributed by atoms with van der Waals surface area (Å²) in [7, 11) is 0. The molecule has 0 aliphatic carbocycles. The van der Waals surface area contributed by atoms with Gasteiger partial charge >= 0.3 is 6.09 Å². The van der Waals surface area contributed by atoms with Crippen molar-refractivity contribution in [3.8, 4) is 0 Å². The standard InChI is InChI=1S/C8H13NO4/c1-2-3-9(8(10)11)7-6-12-4-5-13-7/h2,7H,1,3-6H2,(H,10,11). The van der Waals surface area contributed by atoms with E-state index in [9.17, 15) is 4.79 Å². The van der Waals surface area contributed by atoms with Gasteiger partial charge in [0.2, 0.25) is 0 Å². The van der Waals surface area contributed by atoms with E-state index in [1.807, 2.05) is 0 Å². The topological polar surface area (TPSA) is 59.0 Å². The maximum absolute atomic E-state index is 10.7. The molecule has 1 N–H and O–H groups in total. The highest BCUT2D eigenvalue weighted by Crippen LogP contribution is 2.07. The number of hydrogen-bond acceptors (Lipinski definition) is 3. The molecule has 13 heavy (non-hydrogen) atoms. The molecule has 1 aliphatic rings. The van der Waals surface area contributed by atoms with E-state index >= 15 is 0 Å². The Labute approximate surface area is 76.5 Å². The van der Waals surface area contributed by atoms with Gasteiger partial charge in [0.25, 0.3) is 0 Å². The molecular weight excluding hydrogens is 174 g/mol. The number of hydrogen-bond donors (Lipinski definition) is 1. The van der Waals surface area contributed by atoms with Crippen molar-refractivity contribution in [2.24, 2.45) is 0 Å². The predicted molar refractivity (Wildman–Crippen MR) is 45.5 cm³/mol. The molecule has 0 spiro atoms. The third kappa shape index (κ3) is 2.71. The molecule has 0 aromatic carbocycles. The van der Waals surface area contributed by atoms with Crippen molar-refractivity contribution >= 4 is 6.09 Å². The smallest absolute Gasteiger partial charge is 0.409 e. The monoisotopic (exact) mass is 187 g/mol. The van der Waals surface area contributed by atoms with Crippen LogP contribution < -0.4 is 0 Å². The minimum Gasteiger partial charge on any atom is -0.465 e. The summed E-state index contributed by atoms with van der Waals surface area (Å²) >= 11 is 0. The summed E-state index contributed by atoms with van der Waals surface area (Å²) in [6.45, 7) is 4.98. The number of nitrogens with zero attached hydrogens (tertiary/aromatic N) is 1. The number of carbonyl (C=O) groups is 1. The molecule has 0 saturated carbocycles. The third-order valence-electron chi connectivity index (χ3n) is 1.72. The van der Waals surface area contributed by atoms with Gasteiger partial charge < -0.3 is 14.6 Å². The van der Waals surface area contributed by atoms with E-state index in [0.29, 0.717) is 19.8 Å². The fourth-order valence-electron chi connectivity index (χ4n) is 1.11. The van der Waals surface area contributed by atoms with Gasteiger partial charge in [-0.15, -0.1) is 6.58 Å². The van der Waals surface area contributed by atoms with Crippen LogP contribution in [0.4, 0.5) is 4.79 Å². The van der Waals surface area contributed by atoms with Gasteiger partial charge in [0.15, 0.2) is 6.23 Å². The fourth-order valence-corrected chi connectivity index (χ4v) is 1.11. The molecule has 5 heteroatoms. The number of ether oxygens (including phenoxy) is 2. The van der Waals surface area contributed by atoms with Gasteiger partial charge in [0.1, 0.15) is 0 Å². The largest absolute Gasteiger partial charge is 0.465 e. The van der Waals surface area contributed by atoms with E-state index in [0.717, 1.165) is 4.90 Å². The molecule has 1 unspecified atom stereocenters. The van der Waals surface area contributed by atoms with Crippen LogP contribution in [0.2, 0.25) is 0 Å². The fraction of sp³-hybridized carbons (Fsp3) is 0.625. The highest BCUT2D eigenvalue weighted by atomic mass is 16.6. The second-order valence-electron chi connectivity index (χ2n) is 2.62. The Balaban J connectivity index is 2.51. The van der Waals surface area contributed by atoms with Crippen LogP contribution in [-0.2, 0) is 9.47 Å². The van der Waals surface area contributed by atoms with Gasteiger partial charge in [0.05, 0.1) is 19.8 Å². The summed E-state index contributed by atoms with van der Waals surface area (Å²) in [5.74, 6) is 0. The zero-order valence-electron chi connectivity index (χ0n) is 7.31. The zero-order valence-corrected chi connectivity index (χ0v) is 7.31. The Kier molecular flexibility index (Phi) is 3.72. The van der Waals surface area contributed by atoms with Gasteiger partial charge in [-0.25, -0.2) is 4.79 Å². The summed E-state index contributed by atoms with van der Waals surface area (Å²) in [6, 6.07) is 0. The summed E-state index contributed by atoms with van der Waals surface area (Å²) in [4.78, 5) is 11.9. The third-order valence-corrected chi connectivity index (χ3v) is 1.72. The molecule has 1 fully saturated rings. The van der Waals surface area contributed by atoms with Crippen molar-refractivity contribution in [3.05, 3.63) is 12.7 Å². The number of amides is 1. The van der Waals surface area contributed by atoms with Crippen molar-refractivity contribution in [2.75, 3.05) is 26.4 Å². The quantitative estimate of drug-likeness (QED) is 0.654. The van der Waals surface area contributed by atoms with Crippen LogP contribution in [0, 0.1) is 0 Å². The minimum absolute atomic E-state index is 0.253. The lowest BCUT2D eigenvalue weighted by Crippen LogP contribution is -2.46. The Bertz CT molecular complexity index is 189. The molecule has 1 atom stereocenters. The van der Waals surface area contributed by atoms with Crippen LogP contribution in [-0.4, -0.2) is 48.7 Å². The van der Waals surface area contributed by atoms with Crippen LogP contribution >= 0.6 is 0 Å². The van der Waals surface area contributed by atoms with Gasteiger partial charge in [-0.1, -0.05) is 6.08 Å². The second kappa shape index (κ2) is 4.84. The molecule has 1 heterocycles. The maximum Gasteiger partial charge on any atom is 0.409 e. The Morgan fingerprint density at radius 3 is 2.92 bits per heavy atom. The Morgan fingerprint density at radius 1 is 1.69 bits per heavy atom. The molecule has 1 saturated heterocycles. The Hall–Kier alpha value is -1.07. The average molecular weight is 187 g/mol. The van der Waals surface area contributed by atoms with Crippen LogP contribution in [0.5, 0.6) is 0 Å². The maximum atomic E-state index is 10.7. The lowest BCUT2D eigenvalue weighted by atomic mass is 10.4. The van der Waals surface area contributed by atoms with Gasteiger partial charge in [-0.05, 0) is 0 Å². The lowest BCUT2D eigenvalue weighted by molar-refractivity contribution is -0.141. The SMILES string of the molecule is C=CCN(C(=O)O)C1COCCO1. The van der Waals surface area contributed by atoms with E-state index in [-0.39, 0.29) is 6.54 Å². The number of carboxylic acid groups (broad SMARTS) is 1. The highest BCUT2D eigenvalue weighted by Gasteiger charge is 2.25. The van der Waals surface area contributed by atoms with Gasteiger partial charge in [0, 0.05) is 6.54 Å².